The number of halogens is 2. The summed E-state index contributed by atoms with van der Waals surface area (Å²) >= 11 is 5.98. The molecule has 120 valence electrons. The van der Waals surface area contributed by atoms with E-state index in [-0.39, 0.29) is 4.90 Å². The molecule has 0 aliphatic heterocycles. The number of imidazole rings is 1. The van der Waals surface area contributed by atoms with E-state index < -0.39 is 9.05 Å². The molecule has 2 N–H and O–H groups in total. The Morgan fingerprint density at radius 1 is 1.22 bits per heavy atom. The summed E-state index contributed by atoms with van der Waals surface area (Å²) in [5.41, 5.74) is 1.76. The van der Waals surface area contributed by atoms with Crippen molar-refractivity contribution in [1.82, 2.24) is 9.97 Å². The molecular weight excluding hydrogens is 361 g/mol. The zero-order chi connectivity index (χ0) is 16.6. The first-order chi connectivity index (χ1) is 10.9. The van der Waals surface area contributed by atoms with E-state index >= 15 is 0 Å². The maximum Gasteiger partial charge on any atom is 0.261 e. The van der Waals surface area contributed by atoms with Crippen LogP contribution < -0.4 is 10.1 Å². The number of methoxy groups -OCH3 is 1. The molecule has 3 aromatic rings. The predicted octanol–water partition coefficient (Wildman–Crippen LogP) is 3.90. The van der Waals surface area contributed by atoms with Gasteiger partial charge in [0.25, 0.3) is 9.05 Å². The largest absolute Gasteiger partial charge is 0.495 e. The topological polar surface area (TPSA) is 84.1 Å². The van der Waals surface area contributed by atoms with Gasteiger partial charge in [0, 0.05) is 15.7 Å². The van der Waals surface area contributed by atoms with E-state index in [4.69, 9.17) is 27.0 Å². The second kappa shape index (κ2) is 5.92. The van der Waals surface area contributed by atoms with Crippen molar-refractivity contribution < 1.29 is 13.2 Å². The standard InChI is InChI=1S/C14H11Cl2N3O3S/c1-22-13-5-2-8(15)6-12(13)19-14-17-10-4-3-9(23(16,20)21)7-11(10)18-14/h2-7H,1H3,(H2,17,18,19). The second-order valence-corrected chi connectivity index (χ2v) is 7.67. The van der Waals surface area contributed by atoms with Crippen molar-refractivity contribution in [2.24, 2.45) is 0 Å². The molecule has 3 rings (SSSR count). The number of H-pyrrole nitrogens is 1. The quantitative estimate of drug-likeness (QED) is 0.679. The van der Waals surface area contributed by atoms with Crippen molar-refractivity contribution in [3.05, 3.63) is 41.4 Å². The average Bonchev–Trinajstić information content (AvgIpc) is 2.87. The Labute approximate surface area is 141 Å². The van der Waals surface area contributed by atoms with Gasteiger partial charge >= 0.3 is 0 Å². The molecule has 0 aliphatic carbocycles. The molecule has 0 radical (unpaired) electrons. The van der Waals surface area contributed by atoms with Crippen molar-refractivity contribution in [2.75, 3.05) is 12.4 Å². The zero-order valence-corrected chi connectivity index (χ0v) is 14.1. The van der Waals surface area contributed by atoms with Crippen molar-refractivity contribution in [3.63, 3.8) is 0 Å². The molecule has 0 spiro atoms. The van der Waals surface area contributed by atoms with Gasteiger partial charge < -0.3 is 15.0 Å². The molecule has 2 aromatic carbocycles. The van der Waals surface area contributed by atoms with Crippen LogP contribution in [0.15, 0.2) is 41.3 Å². The van der Waals surface area contributed by atoms with Crippen LogP contribution in [0.25, 0.3) is 11.0 Å². The molecule has 0 atom stereocenters. The fourth-order valence-electron chi connectivity index (χ4n) is 2.10. The third kappa shape index (κ3) is 3.36. The number of anilines is 2. The molecule has 0 bridgehead atoms. The summed E-state index contributed by atoms with van der Waals surface area (Å²) in [6.45, 7) is 0. The molecule has 0 aliphatic rings. The first-order valence-electron chi connectivity index (χ1n) is 6.42. The molecule has 1 aromatic heterocycles. The fourth-order valence-corrected chi connectivity index (χ4v) is 3.04. The third-order valence-electron chi connectivity index (χ3n) is 3.15. The lowest BCUT2D eigenvalue weighted by Crippen LogP contribution is -1.95. The summed E-state index contributed by atoms with van der Waals surface area (Å²) in [4.78, 5) is 7.32. The molecule has 23 heavy (non-hydrogen) atoms. The highest BCUT2D eigenvalue weighted by atomic mass is 35.7. The summed E-state index contributed by atoms with van der Waals surface area (Å²) in [6.07, 6.45) is 0. The number of aromatic nitrogens is 2. The van der Waals surface area contributed by atoms with Gasteiger partial charge in [0.2, 0.25) is 5.95 Å². The Kier molecular flexibility index (Phi) is 4.09. The number of rotatable bonds is 4. The lowest BCUT2D eigenvalue weighted by Gasteiger charge is -2.09. The minimum Gasteiger partial charge on any atom is -0.495 e. The maximum atomic E-state index is 11.4. The molecule has 0 saturated carbocycles. The van der Waals surface area contributed by atoms with Crippen LogP contribution in [0.2, 0.25) is 5.02 Å². The summed E-state index contributed by atoms with van der Waals surface area (Å²) in [5, 5.41) is 3.59. The van der Waals surface area contributed by atoms with Crippen molar-refractivity contribution in [2.45, 2.75) is 4.90 Å². The molecule has 0 amide bonds. The number of ether oxygens (including phenoxy) is 1. The number of hydrogen-bond donors (Lipinski definition) is 2. The van der Waals surface area contributed by atoms with Crippen LogP contribution in [-0.2, 0) is 9.05 Å². The monoisotopic (exact) mass is 371 g/mol. The minimum atomic E-state index is -3.80. The van der Waals surface area contributed by atoms with Crippen molar-refractivity contribution in [1.29, 1.82) is 0 Å². The smallest absolute Gasteiger partial charge is 0.261 e. The van der Waals surface area contributed by atoms with Gasteiger partial charge in [-0.1, -0.05) is 11.6 Å². The summed E-state index contributed by atoms with van der Waals surface area (Å²) in [5.74, 6) is 1.02. The van der Waals surface area contributed by atoms with Crippen LogP contribution in [0.5, 0.6) is 5.75 Å². The Morgan fingerprint density at radius 3 is 2.70 bits per heavy atom. The number of fused-ring (bicyclic) bond motifs is 1. The van der Waals surface area contributed by atoms with E-state index in [9.17, 15) is 8.42 Å². The van der Waals surface area contributed by atoms with Crippen LogP contribution in [-0.4, -0.2) is 25.5 Å². The minimum absolute atomic E-state index is 0.00921. The van der Waals surface area contributed by atoms with Crippen LogP contribution in [0.4, 0.5) is 11.6 Å². The van der Waals surface area contributed by atoms with E-state index in [0.29, 0.717) is 33.4 Å². The maximum absolute atomic E-state index is 11.4. The van der Waals surface area contributed by atoms with Gasteiger partial charge in [0.05, 0.1) is 28.7 Å². The number of nitrogens with zero attached hydrogens (tertiary/aromatic N) is 1. The van der Waals surface area contributed by atoms with Crippen molar-refractivity contribution >= 4 is 54.0 Å². The number of hydrogen-bond acceptors (Lipinski definition) is 5. The van der Waals surface area contributed by atoms with Gasteiger partial charge in [-0.25, -0.2) is 13.4 Å². The van der Waals surface area contributed by atoms with Gasteiger partial charge in [0.1, 0.15) is 5.75 Å². The molecule has 0 saturated heterocycles. The third-order valence-corrected chi connectivity index (χ3v) is 4.74. The Balaban J connectivity index is 2.00. The highest BCUT2D eigenvalue weighted by Gasteiger charge is 2.13. The summed E-state index contributed by atoms with van der Waals surface area (Å²) < 4.78 is 28.0. The highest BCUT2D eigenvalue weighted by molar-refractivity contribution is 8.13. The molecule has 0 fully saturated rings. The number of aromatic amines is 1. The lowest BCUT2D eigenvalue weighted by atomic mass is 10.3. The van der Waals surface area contributed by atoms with E-state index in [0.717, 1.165) is 0 Å². The van der Waals surface area contributed by atoms with Crippen LogP contribution in [0, 0.1) is 0 Å². The first kappa shape index (κ1) is 15.9. The Hall–Kier alpha value is -1.96. The fraction of sp³-hybridized carbons (Fsp3) is 0.0714. The number of nitrogens with one attached hydrogen (secondary N) is 2. The first-order valence-corrected chi connectivity index (χ1v) is 9.10. The molecule has 1 heterocycles. The van der Waals surface area contributed by atoms with Gasteiger partial charge in [-0.05, 0) is 36.4 Å². The van der Waals surface area contributed by atoms with E-state index in [2.05, 4.69) is 15.3 Å². The summed E-state index contributed by atoms with van der Waals surface area (Å²) in [7, 11) is 3.09. The normalized spacial score (nSPS) is 11.6. The SMILES string of the molecule is COc1ccc(Cl)cc1Nc1nc2cc(S(=O)(=O)Cl)ccc2[nH]1. The highest BCUT2D eigenvalue weighted by Crippen LogP contribution is 2.30. The predicted molar refractivity (Wildman–Crippen MR) is 90.4 cm³/mol. The van der Waals surface area contributed by atoms with E-state index in [1.54, 1.807) is 31.4 Å². The van der Waals surface area contributed by atoms with Gasteiger partial charge in [-0.15, -0.1) is 0 Å². The van der Waals surface area contributed by atoms with Gasteiger partial charge in [-0.3, -0.25) is 0 Å². The van der Waals surface area contributed by atoms with Crippen LogP contribution in [0.1, 0.15) is 0 Å². The van der Waals surface area contributed by atoms with Gasteiger partial charge in [0.15, 0.2) is 0 Å². The van der Waals surface area contributed by atoms with Crippen LogP contribution in [0.3, 0.4) is 0 Å². The molecule has 0 unspecified atom stereocenters. The van der Waals surface area contributed by atoms with E-state index in [1.807, 2.05) is 0 Å². The molecular formula is C14H11Cl2N3O3S. The second-order valence-electron chi connectivity index (χ2n) is 4.67. The van der Waals surface area contributed by atoms with Crippen LogP contribution >= 0.6 is 22.3 Å². The lowest BCUT2D eigenvalue weighted by molar-refractivity contribution is 0.417. The van der Waals surface area contributed by atoms with Gasteiger partial charge in [-0.2, -0.15) is 0 Å². The molecule has 6 nitrogen and oxygen atoms in total. The molecule has 9 heteroatoms. The van der Waals surface area contributed by atoms with Crippen molar-refractivity contribution in [3.8, 4) is 5.75 Å². The average molecular weight is 372 g/mol. The zero-order valence-electron chi connectivity index (χ0n) is 11.8. The number of benzene rings is 2. The summed E-state index contributed by atoms with van der Waals surface area (Å²) in [6, 6.07) is 9.54. The Bertz CT molecular complexity index is 986. The van der Waals surface area contributed by atoms with E-state index in [1.165, 1.54) is 12.1 Å². The Morgan fingerprint density at radius 2 is 2.00 bits per heavy atom.